The van der Waals surface area contributed by atoms with E-state index in [1.54, 1.807) is 0 Å². The third-order valence-electron chi connectivity index (χ3n) is 4.84. The van der Waals surface area contributed by atoms with E-state index in [-0.39, 0.29) is 33.9 Å². The quantitative estimate of drug-likeness (QED) is 0.340. The summed E-state index contributed by atoms with van der Waals surface area (Å²) in [6, 6.07) is 2.25. The molecule has 37 heavy (non-hydrogen) atoms. The normalized spacial score (nSPS) is 12.1. The molecule has 0 saturated carbocycles. The zero-order valence-electron chi connectivity index (χ0n) is 18.3. The highest BCUT2D eigenvalue weighted by molar-refractivity contribution is 6.08. The molecule has 0 aliphatic rings. The van der Waals surface area contributed by atoms with Gasteiger partial charge in [0.15, 0.2) is 11.6 Å². The first kappa shape index (κ1) is 27.7. The molecule has 0 fully saturated rings. The minimum absolute atomic E-state index is 0.0236. The number of amides is 1. The largest absolute Gasteiger partial charge is 0.496 e. The number of anilines is 1. The topological polar surface area (TPSA) is 55.3 Å². The minimum Gasteiger partial charge on any atom is -0.496 e. The van der Waals surface area contributed by atoms with Gasteiger partial charge in [-0.1, -0.05) is 0 Å². The molecular weight excluding hydrogens is 528 g/mol. The van der Waals surface area contributed by atoms with Gasteiger partial charge in [-0.25, -0.2) is 22.5 Å². The lowest BCUT2D eigenvalue weighted by atomic mass is 10.0. The number of nitrogens with zero attached hydrogens (tertiary/aromatic N) is 3. The fourth-order valence-corrected chi connectivity index (χ4v) is 3.27. The molecule has 3 rings (SSSR count). The lowest BCUT2D eigenvalue weighted by molar-refractivity contribution is -0.150. The van der Waals surface area contributed by atoms with Crippen molar-refractivity contribution >= 4 is 11.6 Å². The zero-order valence-corrected chi connectivity index (χ0v) is 18.3. The highest BCUT2D eigenvalue weighted by Crippen LogP contribution is 2.39. The second-order valence-corrected chi connectivity index (χ2v) is 7.29. The lowest BCUT2D eigenvalue weighted by Gasteiger charge is -2.26. The average molecular weight is 541 g/mol. The van der Waals surface area contributed by atoms with Crippen LogP contribution in [-0.2, 0) is 12.4 Å². The number of alkyl halides is 8. The molecule has 2 heterocycles. The Kier molecular flexibility index (Phi) is 7.64. The van der Waals surface area contributed by atoms with Crippen molar-refractivity contribution in [3.05, 3.63) is 71.3 Å². The van der Waals surface area contributed by atoms with Gasteiger partial charge in [-0.2, -0.15) is 26.3 Å². The van der Waals surface area contributed by atoms with Crippen LogP contribution in [0.5, 0.6) is 5.75 Å². The molecule has 0 atom stereocenters. The highest BCUT2D eigenvalue weighted by Gasteiger charge is 2.40. The number of rotatable bonds is 6. The van der Waals surface area contributed by atoms with Gasteiger partial charge >= 0.3 is 12.4 Å². The number of aromatic nitrogens is 2. The Balaban J connectivity index is 2.25. The number of hydrogen-bond acceptors (Lipinski definition) is 4. The van der Waals surface area contributed by atoms with E-state index >= 15 is 0 Å². The maximum absolute atomic E-state index is 14.0. The van der Waals surface area contributed by atoms with E-state index in [2.05, 4.69) is 9.97 Å². The smallest absolute Gasteiger partial charge is 0.433 e. The molecule has 0 aliphatic heterocycles. The predicted octanol–water partition coefficient (Wildman–Crippen LogP) is 6.38. The van der Waals surface area contributed by atoms with Crippen molar-refractivity contribution in [1.82, 2.24) is 9.97 Å². The van der Waals surface area contributed by atoms with Crippen LogP contribution in [0.1, 0.15) is 21.7 Å². The Morgan fingerprint density at radius 2 is 1.51 bits per heavy atom. The molecule has 2 aromatic heterocycles. The van der Waals surface area contributed by atoms with Gasteiger partial charge in [0.2, 0.25) is 0 Å². The van der Waals surface area contributed by atoms with E-state index in [0.717, 1.165) is 25.6 Å². The van der Waals surface area contributed by atoms with Gasteiger partial charge in [-0.05, 0) is 24.3 Å². The summed E-state index contributed by atoms with van der Waals surface area (Å²) in [6.07, 6.45) is -12.3. The van der Waals surface area contributed by atoms with Crippen LogP contribution in [0.4, 0.5) is 49.6 Å². The van der Waals surface area contributed by atoms with Crippen LogP contribution in [-0.4, -0.2) is 36.0 Å². The molecule has 5 nitrogen and oxygen atoms in total. The third kappa shape index (κ3) is 6.09. The fourth-order valence-electron chi connectivity index (χ4n) is 3.27. The summed E-state index contributed by atoms with van der Waals surface area (Å²) in [4.78, 5) is 19.5. The molecule has 0 spiro atoms. The SMILES string of the molecule is COc1cc(F)c(F)cc1-c1ccncc1N(CC(F)F)C(=O)c1cc(C(F)(F)F)nc(C(F)(F)F)c1. The van der Waals surface area contributed by atoms with Crippen LogP contribution in [0.25, 0.3) is 11.1 Å². The van der Waals surface area contributed by atoms with Crippen molar-refractivity contribution in [3.8, 4) is 16.9 Å². The van der Waals surface area contributed by atoms with Crippen LogP contribution in [0.2, 0.25) is 0 Å². The molecule has 1 amide bonds. The molecule has 1 aromatic carbocycles. The molecular formula is C22H13F10N3O2. The molecule has 0 saturated heterocycles. The van der Waals surface area contributed by atoms with Crippen molar-refractivity contribution < 1.29 is 53.4 Å². The molecule has 198 valence electrons. The standard InChI is InChI=1S/C22H13F10N3O2/c1-37-16-7-14(24)13(23)6-12(16)11-2-3-33-8-15(11)35(9-19(25)26)20(36)10-4-17(21(27,28)29)34-18(5-10)22(30,31)32/h2-8,19H,9H2,1H3. The Hall–Kier alpha value is -3.91. The van der Waals surface area contributed by atoms with Crippen LogP contribution in [0, 0.1) is 11.6 Å². The summed E-state index contributed by atoms with van der Waals surface area (Å²) in [6.45, 7) is -1.51. The second kappa shape index (κ2) is 10.2. The van der Waals surface area contributed by atoms with E-state index in [0.29, 0.717) is 12.1 Å². The van der Waals surface area contributed by atoms with Gasteiger partial charge in [0.05, 0.1) is 25.5 Å². The van der Waals surface area contributed by atoms with E-state index in [1.807, 2.05) is 0 Å². The Bertz CT molecular complexity index is 1280. The summed E-state index contributed by atoms with van der Waals surface area (Å²) >= 11 is 0. The summed E-state index contributed by atoms with van der Waals surface area (Å²) in [5.74, 6) is -4.76. The van der Waals surface area contributed by atoms with Crippen LogP contribution in [0.3, 0.4) is 0 Å². The third-order valence-corrected chi connectivity index (χ3v) is 4.84. The Morgan fingerprint density at radius 1 is 0.946 bits per heavy atom. The molecule has 0 unspecified atom stereocenters. The van der Waals surface area contributed by atoms with Gasteiger partial charge in [-0.15, -0.1) is 0 Å². The van der Waals surface area contributed by atoms with E-state index in [9.17, 15) is 48.7 Å². The van der Waals surface area contributed by atoms with Crippen molar-refractivity contribution in [3.63, 3.8) is 0 Å². The number of hydrogen-bond donors (Lipinski definition) is 0. The first-order valence-corrected chi connectivity index (χ1v) is 9.87. The first-order chi connectivity index (χ1) is 17.1. The molecule has 0 bridgehead atoms. The number of halogens is 10. The highest BCUT2D eigenvalue weighted by atomic mass is 19.4. The minimum atomic E-state index is -5.41. The van der Waals surface area contributed by atoms with E-state index in [4.69, 9.17) is 4.74 Å². The fraction of sp³-hybridized carbons (Fsp3) is 0.227. The summed E-state index contributed by atoms with van der Waals surface area (Å²) < 4.78 is 139. The lowest BCUT2D eigenvalue weighted by Crippen LogP contribution is -2.36. The van der Waals surface area contributed by atoms with Gasteiger partial charge < -0.3 is 9.64 Å². The van der Waals surface area contributed by atoms with Gasteiger partial charge in [0.25, 0.3) is 12.3 Å². The van der Waals surface area contributed by atoms with Crippen molar-refractivity contribution in [2.45, 2.75) is 18.8 Å². The average Bonchev–Trinajstić information content (AvgIpc) is 2.82. The van der Waals surface area contributed by atoms with Crippen molar-refractivity contribution in [1.29, 1.82) is 0 Å². The molecule has 0 radical (unpaired) electrons. The van der Waals surface area contributed by atoms with E-state index in [1.165, 1.54) is 0 Å². The first-order valence-electron chi connectivity index (χ1n) is 9.87. The zero-order chi connectivity index (χ0) is 27.7. The van der Waals surface area contributed by atoms with Crippen LogP contribution in [0.15, 0.2) is 42.7 Å². The number of ether oxygens (including phenoxy) is 1. The molecule has 0 aliphatic carbocycles. The maximum atomic E-state index is 14.0. The van der Waals surface area contributed by atoms with Gasteiger partial charge in [0.1, 0.15) is 17.1 Å². The van der Waals surface area contributed by atoms with Crippen molar-refractivity contribution in [2.24, 2.45) is 0 Å². The Morgan fingerprint density at radius 3 is 2.03 bits per heavy atom. The summed E-state index contributed by atoms with van der Waals surface area (Å²) in [5.41, 5.74) is -6.53. The number of benzene rings is 1. The van der Waals surface area contributed by atoms with Gasteiger partial charge in [0, 0.05) is 29.0 Å². The predicted molar refractivity (Wildman–Crippen MR) is 108 cm³/mol. The molecule has 0 N–H and O–H groups in total. The Labute approximate surface area is 201 Å². The number of methoxy groups -OCH3 is 1. The summed E-state index contributed by atoms with van der Waals surface area (Å²) in [7, 11) is 1.06. The summed E-state index contributed by atoms with van der Waals surface area (Å²) in [5, 5.41) is 0. The number of carbonyl (C=O) groups is 1. The van der Waals surface area contributed by atoms with E-state index < -0.39 is 65.5 Å². The maximum Gasteiger partial charge on any atom is 0.433 e. The van der Waals surface area contributed by atoms with Gasteiger partial charge in [-0.3, -0.25) is 9.78 Å². The molecule has 3 aromatic rings. The van der Waals surface area contributed by atoms with Crippen molar-refractivity contribution in [2.75, 3.05) is 18.6 Å². The molecule has 15 heteroatoms. The number of pyridine rings is 2. The second-order valence-electron chi connectivity index (χ2n) is 7.29. The van der Waals surface area contributed by atoms with Crippen LogP contribution < -0.4 is 9.64 Å². The number of carbonyl (C=O) groups excluding carboxylic acids is 1. The monoisotopic (exact) mass is 541 g/mol. The van der Waals surface area contributed by atoms with Crippen LogP contribution >= 0.6 is 0 Å².